The molecule has 0 aromatic heterocycles. The summed E-state index contributed by atoms with van der Waals surface area (Å²) in [5.41, 5.74) is 5.34. The summed E-state index contributed by atoms with van der Waals surface area (Å²) in [6.07, 6.45) is 2.55. The molecule has 7 nitrogen and oxygen atoms in total. The number of nitrogens with one attached hydrogen (secondary N) is 1. The summed E-state index contributed by atoms with van der Waals surface area (Å²) in [6, 6.07) is -0.0686. The predicted octanol–water partition coefficient (Wildman–Crippen LogP) is -0.252. The average Bonchev–Trinajstić information content (AvgIpc) is 2.43. The van der Waals surface area contributed by atoms with Crippen LogP contribution in [0, 0.1) is 5.92 Å². The molecule has 0 bridgehead atoms. The van der Waals surface area contributed by atoms with Crippen LogP contribution in [0.25, 0.3) is 0 Å². The Labute approximate surface area is 128 Å². The largest absolute Gasteiger partial charge is 0.369 e. The van der Waals surface area contributed by atoms with E-state index in [-0.39, 0.29) is 17.9 Å². The third-order valence-corrected chi connectivity index (χ3v) is 5.70. The van der Waals surface area contributed by atoms with E-state index in [9.17, 15) is 13.2 Å². The van der Waals surface area contributed by atoms with Crippen LogP contribution in [0.3, 0.4) is 0 Å². The molecule has 0 spiro atoms. The monoisotopic (exact) mass is 320 g/mol. The molecule has 1 unspecified atom stereocenters. The van der Waals surface area contributed by atoms with Gasteiger partial charge in [-0.15, -0.1) is 0 Å². The van der Waals surface area contributed by atoms with Crippen LogP contribution in [-0.4, -0.2) is 62.8 Å². The zero-order valence-electron chi connectivity index (χ0n) is 13.2. The first-order valence-corrected chi connectivity index (χ1v) is 8.92. The number of carbonyl (C=O) groups is 1. The zero-order chi connectivity index (χ0) is 16.0. The number of amides is 1. The second-order valence-electron chi connectivity index (χ2n) is 5.91. The van der Waals surface area contributed by atoms with Gasteiger partial charge in [0.25, 0.3) is 10.2 Å². The molecule has 1 heterocycles. The van der Waals surface area contributed by atoms with Gasteiger partial charge in [-0.05, 0) is 46.2 Å². The molecule has 0 aromatic rings. The topological polar surface area (TPSA) is 95.7 Å². The van der Waals surface area contributed by atoms with Gasteiger partial charge in [0.05, 0.1) is 5.92 Å². The Bertz CT molecular complexity index is 439. The van der Waals surface area contributed by atoms with E-state index in [1.54, 1.807) is 7.05 Å². The highest BCUT2D eigenvalue weighted by Gasteiger charge is 2.24. The van der Waals surface area contributed by atoms with Gasteiger partial charge in [0.2, 0.25) is 5.91 Å². The van der Waals surface area contributed by atoms with E-state index >= 15 is 0 Å². The molecule has 1 aliphatic heterocycles. The fourth-order valence-electron chi connectivity index (χ4n) is 2.37. The summed E-state index contributed by atoms with van der Waals surface area (Å²) in [6.45, 7) is 6.47. The lowest BCUT2D eigenvalue weighted by Gasteiger charge is -2.31. The predicted molar refractivity (Wildman–Crippen MR) is 82.8 cm³/mol. The summed E-state index contributed by atoms with van der Waals surface area (Å²) < 4.78 is 27.7. The molecule has 8 heteroatoms. The molecule has 124 valence electrons. The maximum Gasteiger partial charge on any atom is 0.279 e. The first-order chi connectivity index (χ1) is 9.74. The zero-order valence-corrected chi connectivity index (χ0v) is 14.0. The normalized spacial score (nSPS) is 21.1. The molecular formula is C13H28N4O3S. The van der Waals surface area contributed by atoms with Crippen molar-refractivity contribution in [3.05, 3.63) is 0 Å². The van der Waals surface area contributed by atoms with Crippen molar-refractivity contribution in [1.29, 1.82) is 0 Å². The van der Waals surface area contributed by atoms with Crippen molar-refractivity contribution in [3.8, 4) is 0 Å². The van der Waals surface area contributed by atoms with Crippen LogP contribution in [0.5, 0.6) is 0 Å². The van der Waals surface area contributed by atoms with Crippen LogP contribution in [0.4, 0.5) is 0 Å². The number of nitrogens with two attached hydrogens (primary N) is 1. The molecular weight excluding hydrogens is 292 g/mol. The fourth-order valence-corrected chi connectivity index (χ4v) is 3.54. The Morgan fingerprint density at radius 3 is 2.71 bits per heavy atom. The Hall–Kier alpha value is -0.700. The molecule has 3 N–H and O–H groups in total. The summed E-state index contributed by atoms with van der Waals surface area (Å²) in [5, 5.41) is 0. The summed E-state index contributed by atoms with van der Waals surface area (Å²) in [7, 11) is -1.83. The molecule has 1 atom stereocenters. The third-order valence-electron chi connectivity index (χ3n) is 3.95. The van der Waals surface area contributed by atoms with Crippen LogP contribution in [0.1, 0.15) is 33.1 Å². The standard InChI is InChI=1S/C13H28N4O3S/c1-11(2)16(3)21(19,20)15-7-5-9-17-8-4-6-12(10-17)13(14)18/h11-12,15H,4-10H2,1-3H3,(H2,14,18). The maximum absolute atomic E-state index is 11.9. The number of nitrogens with zero attached hydrogens (tertiary/aromatic N) is 2. The molecule has 0 radical (unpaired) electrons. The Balaban J connectivity index is 2.29. The van der Waals surface area contributed by atoms with E-state index in [4.69, 9.17) is 5.73 Å². The Morgan fingerprint density at radius 2 is 2.14 bits per heavy atom. The van der Waals surface area contributed by atoms with Gasteiger partial charge in [-0.25, -0.2) is 4.72 Å². The van der Waals surface area contributed by atoms with Gasteiger partial charge >= 0.3 is 0 Å². The highest BCUT2D eigenvalue weighted by molar-refractivity contribution is 7.87. The number of piperidine rings is 1. The van der Waals surface area contributed by atoms with Gasteiger partial charge in [0, 0.05) is 26.2 Å². The van der Waals surface area contributed by atoms with Crippen molar-refractivity contribution in [1.82, 2.24) is 13.9 Å². The molecule has 1 amide bonds. The van der Waals surface area contributed by atoms with E-state index < -0.39 is 10.2 Å². The van der Waals surface area contributed by atoms with Crippen LogP contribution in [0.2, 0.25) is 0 Å². The quantitative estimate of drug-likeness (QED) is 0.603. The Morgan fingerprint density at radius 1 is 1.48 bits per heavy atom. The average molecular weight is 320 g/mol. The highest BCUT2D eigenvalue weighted by Crippen LogP contribution is 2.15. The van der Waals surface area contributed by atoms with E-state index in [1.165, 1.54) is 4.31 Å². The first kappa shape index (κ1) is 18.3. The van der Waals surface area contributed by atoms with Crippen molar-refractivity contribution >= 4 is 16.1 Å². The van der Waals surface area contributed by atoms with Crippen molar-refractivity contribution in [3.63, 3.8) is 0 Å². The molecule has 1 saturated heterocycles. The smallest absolute Gasteiger partial charge is 0.279 e. The number of carbonyl (C=O) groups excluding carboxylic acids is 1. The van der Waals surface area contributed by atoms with Gasteiger partial charge in [0.1, 0.15) is 0 Å². The lowest BCUT2D eigenvalue weighted by molar-refractivity contribution is -0.123. The molecule has 1 rings (SSSR count). The summed E-state index contributed by atoms with van der Waals surface area (Å²) >= 11 is 0. The molecule has 0 saturated carbocycles. The molecule has 1 fully saturated rings. The molecule has 1 aliphatic rings. The number of hydrogen-bond acceptors (Lipinski definition) is 4. The van der Waals surface area contributed by atoms with Gasteiger partial charge in [-0.3, -0.25) is 4.79 Å². The minimum atomic E-state index is -3.40. The highest BCUT2D eigenvalue weighted by atomic mass is 32.2. The van der Waals surface area contributed by atoms with Crippen LogP contribution >= 0.6 is 0 Å². The van der Waals surface area contributed by atoms with E-state index in [0.717, 1.165) is 32.4 Å². The van der Waals surface area contributed by atoms with E-state index in [2.05, 4.69) is 9.62 Å². The minimum absolute atomic E-state index is 0.0671. The van der Waals surface area contributed by atoms with Crippen LogP contribution in [0.15, 0.2) is 0 Å². The Kier molecular flexibility index (Phi) is 7.05. The third kappa shape index (κ3) is 5.90. The van der Waals surface area contributed by atoms with Gasteiger partial charge in [-0.2, -0.15) is 12.7 Å². The van der Waals surface area contributed by atoms with E-state index in [1.807, 2.05) is 13.8 Å². The van der Waals surface area contributed by atoms with Crippen molar-refractivity contribution < 1.29 is 13.2 Å². The number of rotatable bonds is 8. The van der Waals surface area contributed by atoms with Gasteiger partial charge in [0.15, 0.2) is 0 Å². The molecule has 0 aromatic carbocycles. The minimum Gasteiger partial charge on any atom is -0.369 e. The molecule has 0 aliphatic carbocycles. The van der Waals surface area contributed by atoms with Crippen molar-refractivity contribution in [2.24, 2.45) is 11.7 Å². The number of likely N-dealkylation sites (tertiary alicyclic amines) is 1. The molecule has 21 heavy (non-hydrogen) atoms. The number of primary amides is 1. The second kappa shape index (κ2) is 8.07. The lowest BCUT2D eigenvalue weighted by Crippen LogP contribution is -2.44. The van der Waals surface area contributed by atoms with Gasteiger partial charge < -0.3 is 10.6 Å². The van der Waals surface area contributed by atoms with E-state index in [0.29, 0.717) is 13.1 Å². The summed E-state index contributed by atoms with van der Waals surface area (Å²) in [5.74, 6) is -0.304. The van der Waals surface area contributed by atoms with Crippen LogP contribution in [-0.2, 0) is 15.0 Å². The van der Waals surface area contributed by atoms with Crippen LogP contribution < -0.4 is 10.5 Å². The first-order valence-electron chi connectivity index (χ1n) is 7.48. The van der Waals surface area contributed by atoms with Crippen molar-refractivity contribution in [2.45, 2.75) is 39.2 Å². The SMILES string of the molecule is CC(C)N(C)S(=O)(=O)NCCCN1CCCC(C(N)=O)C1. The summed E-state index contributed by atoms with van der Waals surface area (Å²) in [4.78, 5) is 13.4. The maximum atomic E-state index is 11.9. The van der Waals surface area contributed by atoms with Gasteiger partial charge in [-0.1, -0.05) is 0 Å². The second-order valence-corrected chi connectivity index (χ2v) is 7.72. The number of hydrogen-bond donors (Lipinski definition) is 2. The fraction of sp³-hybridized carbons (Fsp3) is 0.923. The van der Waals surface area contributed by atoms with Crippen molar-refractivity contribution in [2.75, 3.05) is 33.2 Å². The lowest BCUT2D eigenvalue weighted by atomic mass is 9.97.